The minimum Gasteiger partial charge on any atom is -0.493 e. The van der Waals surface area contributed by atoms with Crippen LogP contribution in [0.5, 0.6) is 11.5 Å². The number of hydrogen-bond donors (Lipinski definition) is 0. The number of unbranched alkanes of at least 4 members (excludes halogenated alkanes) is 3. The summed E-state index contributed by atoms with van der Waals surface area (Å²) in [6, 6.07) is 29.2. The van der Waals surface area contributed by atoms with Crippen molar-refractivity contribution in [2.24, 2.45) is 0 Å². The molecule has 4 aromatic rings. The van der Waals surface area contributed by atoms with Gasteiger partial charge in [0, 0.05) is 10.8 Å². The van der Waals surface area contributed by atoms with Crippen LogP contribution in [0.4, 0.5) is 0 Å². The van der Waals surface area contributed by atoms with Crippen LogP contribution in [0.3, 0.4) is 0 Å². The lowest BCUT2D eigenvalue weighted by Gasteiger charge is -2.10. The van der Waals surface area contributed by atoms with Gasteiger partial charge in [0.15, 0.2) is 0 Å². The zero-order valence-electron chi connectivity index (χ0n) is 16.1. The second-order valence-corrected chi connectivity index (χ2v) is 7.07. The second-order valence-electron chi connectivity index (χ2n) is 7.07. The van der Waals surface area contributed by atoms with E-state index in [1.54, 1.807) is 0 Å². The van der Waals surface area contributed by atoms with E-state index in [1.165, 1.54) is 21.5 Å². The zero-order valence-corrected chi connectivity index (χ0v) is 16.1. The van der Waals surface area contributed by atoms with E-state index >= 15 is 0 Å². The molecule has 0 bridgehead atoms. The van der Waals surface area contributed by atoms with Gasteiger partial charge in [-0.2, -0.15) is 0 Å². The monoisotopic (exact) mass is 370 g/mol. The maximum Gasteiger partial charge on any atom is 0.127 e. The third kappa shape index (κ3) is 4.45. The fourth-order valence-corrected chi connectivity index (χ4v) is 3.57. The van der Waals surface area contributed by atoms with Crippen molar-refractivity contribution in [3.63, 3.8) is 0 Å². The van der Waals surface area contributed by atoms with Crippen molar-refractivity contribution in [1.29, 1.82) is 0 Å². The maximum absolute atomic E-state index is 6.01. The minimum atomic E-state index is 0.762. The van der Waals surface area contributed by atoms with E-state index in [0.717, 1.165) is 50.4 Å². The molecule has 4 rings (SSSR count). The van der Waals surface area contributed by atoms with Crippen molar-refractivity contribution < 1.29 is 9.47 Å². The van der Waals surface area contributed by atoms with E-state index in [0.29, 0.717) is 0 Å². The molecule has 0 amide bonds. The highest BCUT2D eigenvalue weighted by Gasteiger charge is 2.02. The quantitative estimate of drug-likeness (QED) is 0.295. The normalized spacial score (nSPS) is 11.0. The average Bonchev–Trinajstić information content (AvgIpc) is 2.76. The van der Waals surface area contributed by atoms with Crippen LogP contribution in [0.25, 0.3) is 21.5 Å². The van der Waals surface area contributed by atoms with Crippen LogP contribution in [0.2, 0.25) is 0 Å². The predicted octanol–water partition coefficient (Wildman–Crippen LogP) is 7.01. The molecule has 4 aromatic carbocycles. The molecule has 0 heterocycles. The molecule has 0 saturated carbocycles. The van der Waals surface area contributed by atoms with Gasteiger partial charge >= 0.3 is 0 Å². The number of fused-ring (bicyclic) bond motifs is 2. The van der Waals surface area contributed by atoms with Crippen LogP contribution in [0, 0.1) is 0 Å². The van der Waals surface area contributed by atoms with Gasteiger partial charge in [0.2, 0.25) is 0 Å². The summed E-state index contributed by atoms with van der Waals surface area (Å²) in [5, 5.41) is 4.83. The topological polar surface area (TPSA) is 18.5 Å². The number of ether oxygens (including phenoxy) is 2. The van der Waals surface area contributed by atoms with Crippen LogP contribution >= 0.6 is 0 Å². The molecular weight excluding hydrogens is 344 g/mol. The van der Waals surface area contributed by atoms with Crippen molar-refractivity contribution in [3.8, 4) is 11.5 Å². The Bertz CT molecular complexity index is 943. The van der Waals surface area contributed by atoms with Gasteiger partial charge < -0.3 is 9.47 Å². The van der Waals surface area contributed by atoms with Gasteiger partial charge in [-0.25, -0.2) is 0 Å². The second kappa shape index (κ2) is 9.27. The molecule has 0 aromatic heterocycles. The Labute approximate surface area is 166 Å². The lowest BCUT2D eigenvalue weighted by Crippen LogP contribution is -2.00. The zero-order chi connectivity index (χ0) is 19.0. The molecule has 0 radical (unpaired) electrons. The molecule has 0 aliphatic carbocycles. The summed E-state index contributed by atoms with van der Waals surface area (Å²) >= 11 is 0. The largest absolute Gasteiger partial charge is 0.493 e. The lowest BCUT2D eigenvalue weighted by molar-refractivity contribution is 0.291. The van der Waals surface area contributed by atoms with E-state index in [-0.39, 0.29) is 0 Å². The van der Waals surface area contributed by atoms with Gasteiger partial charge in [-0.15, -0.1) is 0 Å². The Kier molecular flexibility index (Phi) is 6.08. The summed E-state index contributed by atoms with van der Waals surface area (Å²) in [7, 11) is 0. The third-order valence-electron chi connectivity index (χ3n) is 5.05. The van der Waals surface area contributed by atoms with Crippen molar-refractivity contribution >= 4 is 21.5 Å². The van der Waals surface area contributed by atoms with Crippen molar-refractivity contribution in [2.75, 3.05) is 13.2 Å². The fourth-order valence-electron chi connectivity index (χ4n) is 3.57. The van der Waals surface area contributed by atoms with E-state index in [2.05, 4.69) is 84.9 Å². The van der Waals surface area contributed by atoms with Gasteiger partial charge in [-0.3, -0.25) is 0 Å². The third-order valence-corrected chi connectivity index (χ3v) is 5.05. The summed E-state index contributed by atoms with van der Waals surface area (Å²) in [4.78, 5) is 0. The Hall–Kier alpha value is -3.00. The smallest absolute Gasteiger partial charge is 0.127 e. The first-order valence-corrected chi connectivity index (χ1v) is 10.1. The Morgan fingerprint density at radius 3 is 1.36 bits per heavy atom. The van der Waals surface area contributed by atoms with Crippen LogP contribution in [0.1, 0.15) is 25.7 Å². The molecule has 2 heteroatoms. The van der Waals surface area contributed by atoms with Crippen molar-refractivity contribution in [3.05, 3.63) is 84.9 Å². The van der Waals surface area contributed by atoms with E-state index in [9.17, 15) is 0 Å². The lowest BCUT2D eigenvalue weighted by atomic mass is 10.1. The van der Waals surface area contributed by atoms with Crippen LogP contribution in [0.15, 0.2) is 84.9 Å². The first kappa shape index (κ1) is 18.4. The molecule has 0 atom stereocenters. The molecule has 0 aliphatic heterocycles. The molecule has 142 valence electrons. The molecule has 2 nitrogen and oxygen atoms in total. The standard InChI is InChI=1S/C26H26O2/c1(7-19-27-25-17-9-13-21-11-3-5-15-23(21)25)2-8-20-28-26-18-10-14-22-12-4-6-16-24(22)26/h3-6,9-18H,1-2,7-8,19-20H2. The Balaban J connectivity index is 1.16. The van der Waals surface area contributed by atoms with Gasteiger partial charge in [-0.1, -0.05) is 72.8 Å². The van der Waals surface area contributed by atoms with Gasteiger partial charge in [-0.05, 0) is 48.6 Å². The average molecular weight is 370 g/mol. The molecule has 0 saturated heterocycles. The highest BCUT2D eigenvalue weighted by Crippen LogP contribution is 2.26. The molecule has 0 N–H and O–H groups in total. The van der Waals surface area contributed by atoms with Crippen LogP contribution in [-0.4, -0.2) is 13.2 Å². The predicted molar refractivity (Wildman–Crippen MR) is 117 cm³/mol. The van der Waals surface area contributed by atoms with E-state index in [1.807, 2.05) is 0 Å². The van der Waals surface area contributed by atoms with Crippen molar-refractivity contribution in [1.82, 2.24) is 0 Å². The molecule has 0 fully saturated rings. The summed E-state index contributed by atoms with van der Waals surface area (Å²) in [5.74, 6) is 1.97. The summed E-state index contributed by atoms with van der Waals surface area (Å²) in [6.45, 7) is 1.52. The first-order valence-electron chi connectivity index (χ1n) is 10.1. The number of benzene rings is 4. The minimum absolute atomic E-state index is 0.762. The summed E-state index contributed by atoms with van der Waals surface area (Å²) < 4.78 is 12.0. The molecular formula is C26H26O2. The Morgan fingerprint density at radius 2 is 0.857 bits per heavy atom. The Morgan fingerprint density at radius 1 is 0.429 bits per heavy atom. The highest BCUT2D eigenvalue weighted by atomic mass is 16.5. The number of rotatable bonds is 9. The van der Waals surface area contributed by atoms with Gasteiger partial charge in [0.05, 0.1) is 13.2 Å². The highest BCUT2D eigenvalue weighted by molar-refractivity contribution is 5.88. The molecule has 0 spiro atoms. The van der Waals surface area contributed by atoms with Crippen LogP contribution in [-0.2, 0) is 0 Å². The summed E-state index contributed by atoms with van der Waals surface area (Å²) in [6.07, 6.45) is 4.45. The van der Waals surface area contributed by atoms with Gasteiger partial charge in [0.1, 0.15) is 11.5 Å². The van der Waals surface area contributed by atoms with E-state index < -0.39 is 0 Å². The van der Waals surface area contributed by atoms with E-state index in [4.69, 9.17) is 9.47 Å². The van der Waals surface area contributed by atoms with Gasteiger partial charge in [0.25, 0.3) is 0 Å². The fraction of sp³-hybridized carbons (Fsp3) is 0.231. The number of hydrogen-bond acceptors (Lipinski definition) is 2. The SMILES string of the molecule is c1ccc2c(OCCCCCCOc3cccc4ccccc34)cccc2c1. The maximum atomic E-state index is 6.01. The van der Waals surface area contributed by atoms with Crippen LogP contribution < -0.4 is 9.47 Å². The summed E-state index contributed by atoms with van der Waals surface area (Å²) in [5.41, 5.74) is 0. The first-order chi connectivity index (χ1) is 13.9. The van der Waals surface area contributed by atoms with Crippen molar-refractivity contribution in [2.45, 2.75) is 25.7 Å². The molecule has 28 heavy (non-hydrogen) atoms. The molecule has 0 unspecified atom stereocenters. The molecule has 0 aliphatic rings.